The van der Waals surface area contributed by atoms with E-state index in [1.807, 2.05) is 42.5 Å². The van der Waals surface area contributed by atoms with Gasteiger partial charge in [0.15, 0.2) is 0 Å². The van der Waals surface area contributed by atoms with Gasteiger partial charge in [-0.05, 0) is 49.3 Å². The number of para-hydroxylation sites is 1. The predicted molar refractivity (Wildman–Crippen MR) is 116 cm³/mol. The molecule has 0 N–H and O–H groups in total. The lowest BCUT2D eigenvalue weighted by molar-refractivity contribution is 0.289. The van der Waals surface area contributed by atoms with Gasteiger partial charge in [0.2, 0.25) is 0 Å². The van der Waals surface area contributed by atoms with E-state index in [1.54, 1.807) is 6.07 Å². The first-order valence-corrected chi connectivity index (χ1v) is 10.1. The van der Waals surface area contributed by atoms with Gasteiger partial charge in [0, 0.05) is 5.39 Å². The molecule has 3 aromatic carbocycles. The van der Waals surface area contributed by atoms with Crippen molar-refractivity contribution in [1.29, 1.82) is 0 Å². The maximum absolute atomic E-state index is 11.6. The lowest BCUT2D eigenvalue weighted by Crippen LogP contribution is -2.03. The number of rotatable bonds is 9. The Morgan fingerprint density at radius 1 is 0.655 bits per heavy atom. The minimum atomic E-state index is -0.385. The van der Waals surface area contributed by atoms with Gasteiger partial charge in [-0.1, -0.05) is 48.5 Å². The third kappa shape index (κ3) is 4.77. The van der Waals surface area contributed by atoms with Gasteiger partial charge in [-0.15, -0.1) is 0 Å². The second-order valence-electron chi connectivity index (χ2n) is 7.01. The second kappa shape index (κ2) is 9.28. The molecule has 0 aliphatic carbocycles. The molecule has 1 heterocycles. The number of hydrogen-bond donors (Lipinski definition) is 0. The number of unbranched alkanes of at least 4 members (excludes halogenated alkanes) is 3. The zero-order chi connectivity index (χ0) is 19.9. The fourth-order valence-electron chi connectivity index (χ4n) is 3.44. The Hall–Kier alpha value is -3.27. The molecule has 1 aromatic heterocycles. The van der Waals surface area contributed by atoms with E-state index in [1.165, 1.54) is 11.5 Å². The van der Waals surface area contributed by atoms with E-state index in [0.29, 0.717) is 24.5 Å². The molecule has 0 spiro atoms. The van der Waals surface area contributed by atoms with E-state index < -0.39 is 0 Å². The Morgan fingerprint density at radius 3 is 2.14 bits per heavy atom. The van der Waals surface area contributed by atoms with Crippen LogP contribution in [0.5, 0.6) is 11.5 Å². The van der Waals surface area contributed by atoms with Crippen molar-refractivity contribution in [2.24, 2.45) is 0 Å². The van der Waals surface area contributed by atoms with Crippen molar-refractivity contribution < 1.29 is 13.9 Å². The van der Waals surface area contributed by atoms with Crippen molar-refractivity contribution in [2.75, 3.05) is 13.2 Å². The first kappa shape index (κ1) is 19.1. The van der Waals surface area contributed by atoms with Crippen LogP contribution in [0.3, 0.4) is 0 Å². The molecule has 4 rings (SSSR count). The van der Waals surface area contributed by atoms with Gasteiger partial charge < -0.3 is 13.9 Å². The van der Waals surface area contributed by atoms with E-state index in [2.05, 4.69) is 18.2 Å². The summed E-state index contributed by atoms with van der Waals surface area (Å²) in [6.45, 7) is 1.29. The summed E-state index contributed by atoms with van der Waals surface area (Å²) in [5.41, 5.74) is 0.171. The summed E-state index contributed by atoms with van der Waals surface area (Å²) >= 11 is 0. The van der Waals surface area contributed by atoms with Crippen molar-refractivity contribution in [2.45, 2.75) is 25.7 Å². The number of hydrogen-bond acceptors (Lipinski definition) is 4. The van der Waals surface area contributed by atoms with Crippen LogP contribution in [0.15, 0.2) is 82.0 Å². The number of benzene rings is 3. The molecule has 0 bridgehead atoms. The van der Waals surface area contributed by atoms with Crippen LogP contribution in [-0.4, -0.2) is 13.2 Å². The Bertz CT molecular complexity index is 1140. The lowest BCUT2D eigenvalue weighted by Gasteiger charge is -2.10. The zero-order valence-corrected chi connectivity index (χ0v) is 16.3. The van der Waals surface area contributed by atoms with E-state index in [-0.39, 0.29) is 5.63 Å². The summed E-state index contributed by atoms with van der Waals surface area (Å²) in [6.07, 6.45) is 4.06. The summed E-state index contributed by atoms with van der Waals surface area (Å²) in [7, 11) is 0. The normalized spacial score (nSPS) is 11.0. The zero-order valence-electron chi connectivity index (χ0n) is 16.3. The highest BCUT2D eigenvalue weighted by Gasteiger charge is 2.06. The number of fused-ring (bicyclic) bond motifs is 2. The lowest BCUT2D eigenvalue weighted by atomic mass is 10.1. The SMILES string of the molecule is O=c1cc(OCCCCCCOc2cccc3ccccc23)c2ccccc2o1. The monoisotopic (exact) mass is 388 g/mol. The first-order valence-electron chi connectivity index (χ1n) is 10.1. The summed E-state index contributed by atoms with van der Waals surface area (Å²) in [5.74, 6) is 1.54. The summed E-state index contributed by atoms with van der Waals surface area (Å²) < 4.78 is 17.0. The van der Waals surface area contributed by atoms with Gasteiger partial charge >= 0.3 is 5.63 Å². The van der Waals surface area contributed by atoms with Crippen LogP contribution in [0.4, 0.5) is 0 Å². The molecule has 4 heteroatoms. The van der Waals surface area contributed by atoms with Crippen molar-refractivity contribution >= 4 is 21.7 Å². The first-order chi connectivity index (χ1) is 14.3. The van der Waals surface area contributed by atoms with E-state index in [0.717, 1.165) is 42.2 Å². The summed E-state index contributed by atoms with van der Waals surface area (Å²) in [4.78, 5) is 11.6. The molecule has 0 radical (unpaired) electrons. The van der Waals surface area contributed by atoms with E-state index in [4.69, 9.17) is 13.9 Å². The van der Waals surface area contributed by atoms with Crippen LogP contribution in [0, 0.1) is 0 Å². The quantitative estimate of drug-likeness (QED) is 0.262. The Balaban J connectivity index is 1.19. The molecule has 4 aromatic rings. The molecule has 0 aliphatic heterocycles. The fraction of sp³-hybridized carbons (Fsp3) is 0.240. The molecule has 0 saturated carbocycles. The summed E-state index contributed by atoms with van der Waals surface area (Å²) in [5, 5.41) is 3.18. The van der Waals surface area contributed by atoms with E-state index >= 15 is 0 Å². The largest absolute Gasteiger partial charge is 0.493 e. The van der Waals surface area contributed by atoms with Crippen molar-refractivity contribution in [3.63, 3.8) is 0 Å². The molecular formula is C25H24O4. The molecule has 0 unspecified atom stereocenters. The molecule has 0 amide bonds. The maximum Gasteiger partial charge on any atom is 0.339 e. The highest BCUT2D eigenvalue weighted by molar-refractivity contribution is 5.88. The van der Waals surface area contributed by atoms with Gasteiger partial charge in [0.05, 0.1) is 24.7 Å². The smallest absolute Gasteiger partial charge is 0.339 e. The average Bonchev–Trinajstić information content (AvgIpc) is 2.75. The minimum absolute atomic E-state index is 0.385. The van der Waals surface area contributed by atoms with Crippen LogP contribution in [-0.2, 0) is 0 Å². The molecule has 0 aliphatic rings. The van der Waals surface area contributed by atoms with Crippen LogP contribution in [0.2, 0.25) is 0 Å². The van der Waals surface area contributed by atoms with E-state index in [9.17, 15) is 4.79 Å². The topological polar surface area (TPSA) is 48.7 Å². The second-order valence-corrected chi connectivity index (χ2v) is 7.01. The van der Waals surface area contributed by atoms with Crippen molar-refractivity contribution in [1.82, 2.24) is 0 Å². The molecule has 4 nitrogen and oxygen atoms in total. The molecule has 29 heavy (non-hydrogen) atoms. The van der Waals surface area contributed by atoms with Crippen LogP contribution >= 0.6 is 0 Å². The van der Waals surface area contributed by atoms with Gasteiger partial charge in [0.1, 0.15) is 17.1 Å². The van der Waals surface area contributed by atoms with Crippen molar-refractivity contribution in [3.8, 4) is 11.5 Å². The van der Waals surface area contributed by atoms with Crippen LogP contribution in [0.1, 0.15) is 25.7 Å². The minimum Gasteiger partial charge on any atom is -0.493 e. The standard InChI is InChI=1S/C25H24O4/c26-25-18-24(21-13-5-6-14-23(21)29-25)28-17-8-2-1-7-16-27-22-15-9-11-19-10-3-4-12-20(19)22/h3-6,9-15,18H,1-2,7-8,16-17H2. The molecule has 0 fully saturated rings. The fourth-order valence-corrected chi connectivity index (χ4v) is 3.44. The van der Waals surface area contributed by atoms with Gasteiger partial charge in [-0.25, -0.2) is 4.79 Å². The van der Waals surface area contributed by atoms with Crippen LogP contribution in [0.25, 0.3) is 21.7 Å². The van der Waals surface area contributed by atoms with Gasteiger partial charge in [-0.2, -0.15) is 0 Å². The maximum atomic E-state index is 11.6. The molecule has 148 valence electrons. The van der Waals surface area contributed by atoms with Crippen molar-refractivity contribution in [3.05, 3.63) is 83.2 Å². The Morgan fingerprint density at radius 2 is 1.31 bits per heavy atom. The summed E-state index contributed by atoms with van der Waals surface area (Å²) in [6, 6.07) is 23.3. The third-order valence-electron chi connectivity index (χ3n) is 4.92. The highest BCUT2D eigenvalue weighted by atomic mass is 16.5. The molecule has 0 saturated heterocycles. The van der Waals surface area contributed by atoms with Crippen LogP contribution < -0.4 is 15.1 Å². The Kier molecular flexibility index (Phi) is 6.10. The highest BCUT2D eigenvalue weighted by Crippen LogP contribution is 2.25. The average molecular weight is 388 g/mol. The third-order valence-corrected chi connectivity index (χ3v) is 4.92. The molecular weight excluding hydrogens is 364 g/mol. The number of ether oxygens (including phenoxy) is 2. The molecule has 0 atom stereocenters. The predicted octanol–water partition coefficient (Wildman–Crippen LogP) is 5.96. The van der Waals surface area contributed by atoms with Gasteiger partial charge in [-0.3, -0.25) is 0 Å². The Labute approximate surface area is 169 Å². The van der Waals surface area contributed by atoms with Gasteiger partial charge in [0.25, 0.3) is 0 Å².